The summed E-state index contributed by atoms with van der Waals surface area (Å²) in [5, 5.41) is 6.45. The van der Waals surface area contributed by atoms with Gasteiger partial charge in [0.25, 0.3) is 0 Å². The van der Waals surface area contributed by atoms with Crippen LogP contribution in [0.4, 0.5) is 0 Å². The molecule has 0 aliphatic heterocycles. The first-order valence-electron chi connectivity index (χ1n) is 7.95. The van der Waals surface area contributed by atoms with Gasteiger partial charge in [-0.3, -0.25) is 4.79 Å². The summed E-state index contributed by atoms with van der Waals surface area (Å²) in [7, 11) is 0. The molecule has 2 N–H and O–H groups in total. The molecule has 1 aliphatic carbocycles. The molecular formula is C17H26N2OS. The Morgan fingerprint density at radius 1 is 1.33 bits per heavy atom. The van der Waals surface area contributed by atoms with Crippen LogP contribution in [0.25, 0.3) is 0 Å². The second-order valence-corrected chi connectivity index (χ2v) is 7.12. The van der Waals surface area contributed by atoms with Crippen LogP contribution in [0.1, 0.15) is 45.1 Å². The average molecular weight is 306 g/mol. The molecule has 1 aromatic carbocycles. The molecule has 0 spiro atoms. The molecule has 0 radical (unpaired) electrons. The highest BCUT2D eigenvalue weighted by molar-refractivity contribution is 8.00. The third-order valence-electron chi connectivity index (χ3n) is 3.61. The Morgan fingerprint density at radius 3 is 2.67 bits per heavy atom. The standard InChI is InChI=1S/C17H26N2OS/c1-3-4-11-18-17(20)13(2)21-16-9-5-14(6-10-16)12-19-15-7-8-15/h5-6,9-10,13,15,19H,3-4,7-8,11-12H2,1-2H3,(H,18,20). The Morgan fingerprint density at radius 2 is 2.05 bits per heavy atom. The van der Waals surface area contributed by atoms with Crippen LogP contribution in [-0.2, 0) is 11.3 Å². The smallest absolute Gasteiger partial charge is 0.233 e. The SMILES string of the molecule is CCCCNC(=O)C(C)Sc1ccc(CNC2CC2)cc1. The zero-order valence-corrected chi connectivity index (χ0v) is 13.8. The van der Waals surface area contributed by atoms with Crippen LogP contribution in [0.15, 0.2) is 29.2 Å². The van der Waals surface area contributed by atoms with Crippen LogP contribution in [0, 0.1) is 0 Å². The average Bonchev–Trinajstić information content (AvgIpc) is 3.31. The van der Waals surface area contributed by atoms with E-state index in [0.29, 0.717) is 0 Å². The molecule has 0 bridgehead atoms. The van der Waals surface area contributed by atoms with E-state index in [1.165, 1.54) is 18.4 Å². The molecule has 21 heavy (non-hydrogen) atoms. The fourth-order valence-electron chi connectivity index (χ4n) is 2.03. The number of hydrogen-bond acceptors (Lipinski definition) is 3. The third kappa shape index (κ3) is 6.10. The molecule has 2 rings (SSSR count). The van der Waals surface area contributed by atoms with E-state index in [1.54, 1.807) is 11.8 Å². The summed E-state index contributed by atoms with van der Waals surface area (Å²) >= 11 is 1.62. The van der Waals surface area contributed by atoms with Crippen LogP contribution < -0.4 is 10.6 Å². The summed E-state index contributed by atoms with van der Waals surface area (Å²) in [4.78, 5) is 13.1. The maximum absolute atomic E-state index is 11.9. The Labute approximate surface area is 132 Å². The number of rotatable bonds is 9. The molecule has 0 saturated heterocycles. The minimum Gasteiger partial charge on any atom is -0.355 e. The van der Waals surface area contributed by atoms with Crippen molar-refractivity contribution in [2.45, 2.75) is 62.3 Å². The second-order valence-electron chi connectivity index (χ2n) is 5.70. The fourth-order valence-corrected chi connectivity index (χ4v) is 2.92. The van der Waals surface area contributed by atoms with E-state index in [0.717, 1.165) is 36.9 Å². The summed E-state index contributed by atoms with van der Waals surface area (Å²) in [6.45, 7) is 5.83. The predicted molar refractivity (Wildman–Crippen MR) is 89.5 cm³/mol. The number of carbonyl (C=O) groups is 1. The van der Waals surface area contributed by atoms with Crippen molar-refractivity contribution in [3.05, 3.63) is 29.8 Å². The van der Waals surface area contributed by atoms with Crippen LogP contribution in [0.3, 0.4) is 0 Å². The van der Waals surface area contributed by atoms with Crippen LogP contribution in [0.2, 0.25) is 0 Å². The molecule has 1 aliphatic rings. The minimum absolute atomic E-state index is 0.0442. The van der Waals surface area contributed by atoms with Gasteiger partial charge in [0.2, 0.25) is 5.91 Å². The van der Waals surface area contributed by atoms with E-state index < -0.39 is 0 Å². The fraction of sp³-hybridized carbons (Fsp3) is 0.588. The van der Waals surface area contributed by atoms with Crippen LogP contribution >= 0.6 is 11.8 Å². The van der Waals surface area contributed by atoms with E-state index in [9.17, 15) is 4.79 Å². The Balaban J connectivity index is 1.74. The Bertz CT molecular complexity index is 443. The van der Waals surface area contributed by atoms with Gasteiger partial charge >= 0.3 is 0 Å². The molecule has 0 heterocycles. The summed E-state index contributed by atoms with van der Waals surface area (Å²) in [6.07, 6.45) is 4.79. The van der Waals surface area contributed by atoms with E-state index in [2.05, 4.69) is 41.8 Å². The number of amides is 1. The lowest BCUT2D eigenvalue weighted by atomic mass is 10.2. The highest BCUT2D eigenvalue weighted by Crippen LogP contribution is 2.24. The molecule has 1 aromatic rings. The van der Waals surface area contributed by atoms with Crippen molar-refractivity contribution in [1.82, 2.24) is 10.6 Å². The molecule has 1 amide bonds. The quantitative estimate of drug-likeness (QED) is 0.543. The number of carbonyl (C=O) groups excluding carboxylic acids is 1. The maximum atomic E-state index is 11.9. The van der Waals surface area contributed by atoms with Gasteiger partial charge in [0, 0.05) is 24.0 Å². The predicted octanol–water partition coefficient (Wildman–Crippen LogP) is 3.34. The molecule has 1 saturated carbocycles. The van der Waals surface area contributed by atoms with E-state index >= 15 is 0 Å². The third-order valence-corrected chi connectivity index (χ3v) is 4.72. The van der Waals surface area contributed by atoms with Gasteiger partial charge in [0.1, 0.15) is 0 Å². The molecular weight excluding hydrogens is 280 g/mol. The highest BCUT2D eigenvalue weighted by Gasteiger charge is 2.19. The first-order chi connectivity index (χ1) is 10.2. The first kappa shape index (κ1) is 16.4. The topological polar surface area (TPSA) is 41.1 Å². The number of benzene rings is 1. The van der Waals surface area contributed by atoms with Gasteiger partial charge in [-0.25, -0.2) is 0 Å². The van der Waals surface area contributed by atoms with Gasteiger partial charge < -0.3 is 10.6 Å². The molecule has 1 unspecified atom stereocenters. The minimum atomic E-state index is -0.0442. The maximum Gasteiger partial charge on any atom is 0.233 e. The Kier molecular flexibility index (Phi) is 6.58. The molecule has 1 atom stereocenters. The van der Waals surface area contributed by atoms with Gasteiger partial charge in [-0.05, 0) is 43.9 Å². The van der Waals surface area contributed by atoms with Gasteiger partial charge in [-0.2, -0.15) is 0 Å². The normalized spacial score (nSPS) is 15.7. The molecule has 4 heteroatoms. The molecule has 0 aromatic heterocycles. The van der Waals surface area contributed by atoms with E-state index in [1.807, 2.05) is 6.92 Å². The van der Waals surface area contributed by atoms with Crippen molar-refractivity contribution >= 4 is 17.7 Å². The summed E-state index contributed by atoms with van der Waals surface area (Å²) in [5.41, 5.74) is 1.31. The lowest BCUT2D eigenvalue weighted by molar-refractivity contribution is -0.120. The first-order valence-corrected chi connectivity index (χ1v) is 8.83. The number of nitrogens with one attached hydrogen (secondary N) is 2. The van der Waals surface area contributed by atoms with Crippen LogP contribution in [0.5, 0.6) is 0 Å². The monoisotopic (exact) mass is 306 g/mol. The number of unbranched alkanes of at least 4 members (excludes halogenated alkanes) is 1. The van der Waals surface area contributed by atoms with Crippen LogP contribution in [-0.4, -0.2) is 23.7 Å². The van der Waals surface area contributed by atoms with Gasteiger partial charge in [-0.15, -0.1) is 11.8 Å². The highest BCUT2D eigenvalue weighted by atomic mass is 32.2. The van der Waals surface area contributed by atoms with Gasteiger partial charge in [0.05, 0.1) is 5.25 Å². The van der Waals surface area contributed by atoms with Gasteiger partial charge in [0.15, 0.2) is 0 Å². The van der Waals surface area contributed by atoms with E-state index in [-0.39, 0.29) is 11.2 Å². The zero-order valence-electron chi connectivity index (χ0n) is 13.0. The van der Waals surface area contributed by atoms with Crippen molar-refractivity contribution < 1.29 is 4.79 Å². The number of hydrogen-bond donors (Lipinski definition) is 2. The van der Waals surface area contributed by atoms with Crippen molar-refractivity contribution in [3.8, 4) is 0 Å². The summed E-state index contributed by atoms with van der Waals surface area (Å²) < 4.78 is 0. The largest absolute Gasteiger partial charge is 0.355 e. The van der Waals surface area contributed by atoms with Crippen molar-refractivity contribution in [3.63, 3.8) is 0 Å². The van der Waals surface area contributed by atoms with E-state index in [4.69, 9.17) is 0 Å². The van der Waals surface area contributed by atoms with Gasteiger partial charge in [-0.1, -0.05) is 25.5 Å². The summed E-state index contributed by atoms with van der Waals surface area (Å²) in [5.74, 6) is 0.132. The lowest BCUT2D eigenvalue weighted by Crippen LogP contribution is -2.31. The lowest BCUT2D eigenvalue weighted by Gasteiger charge is -2.12. The number of thioether (sulfide) groups is 1. The zero-order chi connectivity index (χ0) is 15.1. The Hall–Kier alpha value is -1.00. The van der Waals surface area contributed by atoms with Crippen molar-refractivity contribution in [1.29, 1.82) is 0 Å². The molecule has 3 nitrogen and oxygen atoms in total. The van der Waals surface area contributed by atoms with Crippen molar-refractivity contribution in [2.24, 2.45) is 0 Å². The molecule has 116 valence electrons. The molecule has 1 fully saturated rings. The van der Waals surface area contributed by atoms with Crippen molar-refractivity contribution in [2.75, 3.05) is 6.54 Å². The summed E-state index contributed by atoms with van der Waals surface area (Å²) in [6, 6.07) is 9.28. The second kappa shape index (κ2) is 8.44.